The van der Waals surface area contributed by atoms with Gasteiger partial charge in [0.05, 0.1) is 17.1 Å². The van der Waals surface area contributed by atoms with Crippen molar-refractivity contribution in [2.45, 2.75) is 41.0 Å². The molecule has 3 unspecified atom stereocenters. The summed E-state index contributed by atoms with van der Waals surface area (Å²) >= 11 is 4.68. The molecular weight excluding hydrogens is 486 g/mol. The molecule has 0 N–H and O–H groups in total. The van der Waals surface area contributed by atoms with E-state index in [0.29, 0.717) is 4.90 Å². The Bertz CT molecular complexity index is 1020. The average molecular weight is 504 g/mol. The van der Waals surface area contributed by atoms with Crippen molar-refractivity contribution in [2.24, 2.45) is 5.11 Å². The molecule has 2 aliphatic heterocycles. The molecule has 2 fully saturated rings. The highest BCUT2D eigenvalue weighted by atomic mass is 79.9. The van der Waals surface area contributed by atoms with Crippen molar-refractivity contribution in [1.82, 2.24) is 4.98 Å². The number of methoxy groups -OCH3 is 1. The number of pyridine rings is 1. The third-order valence-electron chi connectivity index (χ3n) is 4.99. The van der Waals surface area contributed by atoms with E-state index in [0.717, 1.165) is 10.0 Å². The van der Waals surface area contributed by atoms with Crippen LogP contribution in [0.15, 0.2) is 57.1 Å². The number of nitrogens with zero attached hydrogens (tertiary/aromatic N) is 5. The highest BCUT2D eigenvalue weighted by Crippen LogP contribution is 2.43. The van der Waals surface area contributed by atoms with Crippen LogP contribution in [0.5, 0.6) is 0 Å². The second-order valence-corrected chi connectivity index (χ2v) is 8.88. The van der Waals surface area contributed by atoms with E-state index in [1.54, 1.807) is 12.3 Å². The summed E-state index contributed by atoms with van der Waals surface area (Å²) in [6.45, 7) is 7.64. The van der Waals surface area contributed by atoms with Crippen molar-refractivity contribution in [3.8, 4) is 0 Å². The molecule has 0 aliphatic carbocycles. The Kier molecular flexibility index (Phi) is 7.09. The number of azide groups is 1. The van der Waals surface area contributed by atoms with Crippen LogP contribution in [-0.4, -0.2) is 48.5 Å². The number of thioether (sulfide) groups is 1. The first-order chi connectivity index (χ1) is 15.1. The molecule has 4 rings (SSSR count). The maximum Gasteiger partial charge on any atom is 0.283 e. The summed E-state index contributed by atoms with van der Waals surface area (Å²) in [5.41, 5.74) is 9.52. The minimum absolute atomic E-state index is 0.259. The second-order valence-electron chi connectivity index (χ2n) is 6.82. The van der Waals surface area contributed by atoms with Gasteiger partial charge in [0, 0.05) is 22.5 Å². The normalized spacial score (nSPS) is 30.0. The molecule has 160 valence electrons. The van der Waals surface area contributed by atoms with Crippen LogP contribution in [0.2, 0.25) is 0 Å². The number of halogens is 1. The number of hydrogen-bond acceptors (Lipinski definition) is 7. The highest BCUT2D eigenvalue weighted by molar-refractivity contribution is 9.10. The Labute approximate surface area is 191 Å². The Morgan fingerprint density at radius 2 is 2.13 bits per heavy atom. The summed E-state index contributed by atoms with van der Waals surface area (Å²) in [6, 6.07) is 10.7. The number of ether oxygens (including phenoxy) is 4. The first kappa shape index (κ1) is 22.0. The maximum absolute atomic E-state index is 9.21. The summed E-state index contributed by atoms with van der Waals surface area (Å²) in [5, 5.41) is 4.00. The lowest BCUT2D eigenvalue weighted by Crippen LogP contribution is -2.60. The molecule has 2 saturated heterocycles. The molecule has 1 aromatic carbocycles. The molecule has 6 atom stereocenters. The van der Waals surface area contributed by atoms with Gasteiger partial charge in [0.2, 0.25) is 0 Å². The predicted octanol–water partition coefficient (Wildman–Crippen LogP) is 5.02. The van der Waals surface area contributed by atoms with E-state index in [4.69, 9.17) is 25.5 Å². The summed E-state index contributed by atoms with van der Waals surface area (Å²) in [7, 11) is 1.53. The van der Waals surface area contributed by atoms with Crippen LogP contribution in [0, 0.1) is 6.57 Å². The highest BCUT2D eigenvalue weighted by Gasteiger charge is 2.50. The third kappa shape index (κ3) is 4.71. The van der Waals surface area contributed by atoms with Crippen molar-refractivity contribution >= 4 is 33.5 Å². The van der Waals surface area contributed by atoms with Crippen LogP contribution in [0.25, 0.3) is 15.3 Å². The molecule has 3 heterocycles. The van der Waals surface area contributed by atoms with E-state index in [1.807, 2.05) is 30.3 Å². The molecule has 1 aromatic heterocycles. The second kappa shape index (κ2) is 9.97. The van der Waals surface area contributed by atoms with Gasteiger partial charge in [0.15, 0.2) is 6.29 Å². The molecule has 0 saturated carbocycles. The fourth-order valence-corrected chi connectivity index (χ4v) is 5.33. The first-order valence-electron chi connectivity index (χ1n) is 9.38. The number of benzene rings is 1. The maximum atomic E-state index is 9.21. The van der Waals surface area contributed by atoms with Crippen LogP contribution < -0.4 is 0 Å². The van der Waals surface area contributed by atoms with Crippen molar-refractivity contribution < 1.29 is 18.9 Å². The third-order valence-corrected chi connectivity index (χ3v) is 6.59. The summed E-state index contributed by atoms with van der Waals surface area (Å²) in [5.74, 6) is 0.259. The summed E-state index contributed by atoms with van der Waals surface area (Å²) in [6.07, 6.45) is -0.631. The topological polar surface area (TPSA) is 103 Å². The molecule has 0 bridgehead atoms. The van der Waals surface area contributed by atoms with E-state index >= 15 is 0 Å². The van der Waals surface area contributed by atoms with Crippen LogP contribution in [0.1, 0.15) is 11.9 Å². The van der Waals surface area contributed by atoms with Crippen LogP contribution in [0.3, 0.4) is 0 Å². The molecule has 2 aromatic rings. The van der Waals surface area contributed by atoms with Gasteiger partial charge in [0.1, 0.15) is 29.9 Å². The quantitative estimate of drug-likeness (QED) is 0.245. The standard InChI is InChI=1S/C20H18BrN5O4S/c1-23-18-14(8-12(21)9-24-18)31-20-17(27-2)15(25-26-22)16-13(29-20)10-28-19(30-16)11-6-4-3-5-7-11/h3-9,13,15-17,19-20H,10H2,2H3/t13?,15?,16-,17-,19?,20+/m0/s1. The smallest absolute Gasteiger partial charge is 0.283 e. The average Bonchev–Trinajstić information content (AvgIpc) is 2.80. The fourth-order valence-electron chi connectivity index (χ4n) is 3.59. The Hall–Kier alpha value is -2.16. The van der Waals surface area contributed by atoms with Gasteiger partial charge in [-0.2, -0.15) is 0 Å². The number of aromatic nitrogens is 1. The molecule has 11 heteroatoms. The van der Waals surface area contributed by atoms with Gasteiger partial charge >= 0.3 is 0 Å². The van der Waals surface area contributed by atoms with Crippen LogP contribution in [-0.2, 0) is 18.9 Å². The van der Waals surface area contributed by atoms with Gasteiger partial charge in [-0.3, -0.25) is 0 Å². The zero-order chi connectivity index (χ0) is 21.8. The van der Waals surface area contributed by atoms with E-state index < -0.39 is 36.1 Å². The SMILES string of the molecule is [C-]#[N+]c1ncc(Br)cc1S[C@H]1OC2COC(c3ccccc3)O[C@@H]2C(N=[N+]=[N-])[C@@H]1OC. The molecule has 2 aliphatic rings. The molecule has 0 radical (unpaired) electrons. The lowest BCUT2D eigenvalue weighted by molar-refractivity contribution is -0.298. The molecule has 9 nitrogen and oxygen atoms in total. The van der Waals surface area contributed by atoms with Gasteiger partial charge in [-0.05, 0) is 27.5 Å². The van der Waals surface area contributed by atoms with Crippen molar-refractivity contribution in [2.75, 3.05) is 13.7 Å². The van der Waals surface area contributed by atoms with Crippen LogP contribution in [0.4, 0.5) is 5.82 Å². The van der Waals surface area contributed by atoms with Crippen molar-refractivity contribution in [3.63, 3.8) is 0 Å². The van der Waals surface area contributed by atoms with E-state index in [-0.39, 0.29) is 12.4 Å². The largest absolute Gasteiger partial charge is 0.377 e. The van der Waals surface area contributed by atoms with E-state index in [9.17, 15) is 5.53 Å². The summed E-state index contributed by atoms with van der Waals surface area (Å²) < 4.78 is 24.8. The predicted molar refractivity (Wildman–Crippen MR) is 116 cm³/mol. The van der Waals surface area contributed by atoms with E-state index in [2.05, 4.69) is 35.8 Å². The monoisotopic (exact) mass is 503 g/mol. The van der Waals surface area contributed by atoms with Gasteiger partial charge in [0.25, 0.3) is 5.82 Å². The number of fused-ring (bicyclic) bond motifs is 1. The fraction of sp³-hybridized carbons (Fsp3) is 0.400. The van der Waals surface area contributed by atoms with Crippen molar-refractivity contribution in [3.05, 3.63) is 74.5 Å². The zero-order valence-electron chi connectivity index (χ0n) is 16.4. The molecule has 0 amide bonds. The number of rotatable bonds is 5. The van der Waals surface area contributed by atoms with E-state index in [1.165, 1.54) is 18.9 Å². The Balaban J connectivity index is 1.60. The lowest BCUT2D eigenvalue weighted by Gasteiger charge is -2.47. The minimum Gasteiger partial charge on any atom is -0.377 e. The lowest BCUT2D eigenvalue weighted by atomic mass is 9.96. The molecule has 31 heavy (non-hydrogen) atoms. The zero-order valence-corrected chi connectivity index (χ0v) is 18.8. The van der Waals surface area contributed by atoms with Gasteiger partial charge in [-0.15, -0.1) is 16.7 Å². The van der Waals surface area contributed by atoms with Crippen molar-refractivity contribution in [1.29, 1.82) is 0 Å². The Morgan fingerprint density at radius 1 is 1.32 bits per heavy atom. The number of hydrogen-bond donors (Lipinski definition) is 0. The minimum atomic E-state index is -0.641. The van der Waals surface area contributed by atoms with Gasteiger partial charge in [-0.25, -0.2) is 0 Å². The Morgan fingerprint density at radius 3 is 2.84 bits per heavy atom. The van der Waals surface area contributed by atoms with Gasteiger partial charge in [-0.1, -0.05) is 42.0 Å². The van der Waals surface area contributed by atoms with Gasteiger partial charge < -0.3 is 23.8 Å². The molecule has 0 spiro atoms. The van der Waals surface area contributed by atoms with Crippen LogP contribution >= 0.6 is 27.7 Å². The summed E-state index contributed by atoms with van der Waals surface area (Å²) in [4.78, 5) is 11.3. The molecular formula is C20H18BrN5O4S. The first-order valence-corrected chi connectivity index (χ1v) is 11.1.